The van der Waals surface area contributed by atoms with Crippen molar-refractivity contribution < 1.29 is 14.2 Å². The predicted octanol–water partition coefficient (Wildman–Crippen LogP) is 3.21. The topological polar surface area (TPSA) is 102 Å². The van der Waals surface area contributed by atoms with Crippen LogP contribution in [0, 0.1) is 23.2 Å². The van der Waals surface area contributed by atoms with Gasteiger partial charge in [0.25, 0.3) is 0 Å². The predicted molar refractivity (Wildman–Crippen MR) is 114 cm³/mol. The number of nitrogens with zero attached hydrogens (tertiary/aromatic N) is 1. The zero-order chi connectivity index (χ0) is 21.5. The van der Waals surface area contributed by atoms with E-state index in [2.05, 4.69) is 55.0 Å². The number of hydrogen-bond donors (Lipinski definition) is 3. The number of fused-ring (bicyclic) bond motifs is 2. The van der Waals surface area contributed by atoms with E-state index in [1.807, 2.05) is 18.2 Å². The van der Waals surface area contributed by atoms with Crippen LogP contribution in [-0.4, -0.2) is 13.0 Å². The van der Waals surface area contributed by atoms with E-state index in [1.165, 1.54) is 5.56 Å². The molecule has 7 nitrogen and oxygen atoms in total. The van der Waals surface area contributed by atoms with Crippen molar-refractivity contribution in [1.82, 2.24) is 10.9 Å². The third kappa shape index (κ3) is 3.48. The molecule has 0 spiro atoms. The number of hydrazine groups is 1. The summed E-state index contributed by atoms with van der Waals surface area (Å²) in [6, 6.07) is 16.7. The van der Waals surface area contributed by atoms with Gasteiger partial charge in [0, 0.05) is 11.8 Å². The van der Waals surface area contributed by atoms with Crippen LogP contribution in [0.15, 0.2) is 53.9 Å². The first-order valence-electron chi connectivity index (χ1n) is 10.6. The molecule has 3 heterocycles. The van der Waals surface area contributed by atoms with E-state index < -0.39 is 0 Å². The van der Waals surface area contributed by atoms with E-state index in [0.717, 1.165) is 17.5 Å². The Kier molecular flexibility index (Phi) is 4.97. The molecule has 7 heteroatoms. The van der Waals surface area contributed by atoms with E-state index in [1.54, 1.807) is 0 Å². The van der Waals surface area contributed by atoms with Crippen molar-refractivity contribution in [2.24, 2.45) is 17.6 Å². The van der Waals surface area contributed by atoms with Crippen LogP contribution in [0.4, 0.5) is 0 Å². The lowest BCUT2D eigenvalue weighted by Crippen LogP contribution is -2.40. The van der Waals surface area contributed by atoms with Crippen molar-refractivity contribution in [2.45, 2.75) is 38.5 Å². The molecule has 160 valence electrons. The third-order valence-electron chi connectivity index (χ3n) is 6.19. The summed E-state index contributed by atoms with van der Waals surface area (Å²) in [7, 11) is 0. The van der Waals surface area contributed by atoms with Crippen LogP contribution in [0.3, 0.4) is 0 Å². The summed E-state index contributed by atoms with van der Waals surface area (Å²) >= 11 is 0. The lowest BCUT2D eigenvalue weighted by molar-refractivity contribution is 0.0340. The Morgan fingerprint density at radius 2 is 1.81 bits per heavy atom. The Morgan fingerprint density at radius 1 is 1.06 bits per heavy atom. The Hall–Kier alpha value is -3.21. The number of nitrogens with two attached hydrogens (primary N) is 1. The summed E-state index contributed by atoms with van der Waals surface area (Å²) in [6.07, 6.45) is 0.691. The molecule has 3 aliphatic heterocycles. The Bertz CT molecular complexity index is 1060. The zero-order valence-corrected chi connectivity index (χ0v) is 17.6. The number of ether oxygens (including phenoxy) is 3. The lowest BCUT2D eigenvalue weighted by atomic mass is 9.74. The van der Waals surface area contributed by atoms with E-state index in [9.17, 15) is 5.26 Å². The summed E-state index contributed by atoms with van der Waals surface area (Å²) in [5.74, 6) is 1.84. The normalized spacial score (nSPS) is 26.5. The van der Waals surface area contributed by atoms with Gasteiger partial charge in [-0.15, -0.1) is 0 Å². The molecule has 0 amide bonds. The van der Waals surface area contributed by atoms with E-state index in [-0.39, 0.29) is 36.8 Å². The van der Waals surface area contributed by atoms with Gasteiger partial charge in [0.2, 0.25) is 12.7 Å². The van der Waals surface area contributed by atoms with Gasteiger partial charge in [0.05, 0.1) is 11.6 Å². The van der Waals surface area contributed by atoms with E-state index in [4.69, 9.17) is 19.9 Å². The summed E-state index contributed by atoms with van der Waals surface area (Å²) in [5.41, 5.74) is 16.6. The van der Waals surface area contributed by atoms with Gasteiger partial charge in [0.15, 0.2) is 17.7 Å². The number of nitriles is 1. The molecule has 31 heavy (non-hydrogen) atoms. The molecule has 0 saturated carbocycles. The van der Waals surface area contributed by atoms with Crippen LogP contribution in [0.25, 0.3) is 0 Å². The highest BCUT2D eigenvalue weighted by Crippen LogP contribution is 2.48. The molecule has 2 aromatic rings. The van der Waals surface area contributed by atoms with Crippen molar-refractivity contribution >= 4 is 0 Å². The van der Waals surface area contributed by atoms with Gasteiger partial charge in [-0.2, -0.15) is 5.26 Å². The van der Waals surface area contributed by atoms with Crippen molar-refractivity contribution in [3.8, 4) is 17.6 Å². The van der Waals surface area contributed by atoms with Gasteiger partial charge in [-0.25, -0.2) is 10.9 Å². The zero-order valence-electron chi connectivity index (χ0n) is 17.6. The van der Waals surface area contributed by atoms with Crippen molar-refractivity contribution in [3.63, 3.8) is 0 Å². The lowest BCUT2D eigenvalue weighted by Gasteiger charge is -2.36. The van der Waals surface area contributed by atoms with Gasteiger partial charge >= 0.3 is 0 Å². The maximum absolute atomic E-state index is 9.92. The molecular formula is C24H26N4O3. The first-order valence-corrected chi connectivity index (χ1v) is 10.6. The van der Waals surface area contributed by atoms with Crippen molar-refractivity contribution in [1.29, 1.82) is 5.26 Å². The maximum atomic E-state index is 9.92. The molecule has 0 aliphatic carbocycles. The molecule has 1 saturated heterocycles. The molecular weight excluding hydrogens is 392 g/mol. The van der Waals surface area contributed by atoms with Crippen LogP contribution in [0.2, 0.25) is 0 Å². The van der Waals surface area contributed by atoms with Crippen LogP contribution in [-0.2, 0) is 11.2 Å². The molecule has 0 bridgehead atoms. The molecule has 1 fully saturated rings. The first-order chi connectivity index (χ1) is 15.0. The number of benzene rings is 2. The highest BCUT2D eigenvalue weighted by atomic mass is 16.7. The summed E-state index contributed by atoms with van der Waals surface area (Å²) in [6.45, 7) is 4.64. The average molecular weight is 418 g/mol. The van der Waals surface area contributed by atoms with Gasteiger partial charge in [-0.1, -0.05) is 44.2 Å². The van der Waals surface area contributed by atoms with Gasteiger partial charge < -0.3 is 19.9 Å². The minimum absolute atomic E-state index is 0.0510. The minimum Gasteiger partial charge on any atom is -0.458 e. The second-order valence-electron chi connectivity index (χ2n) is 8.70. The fourth-order valence-electron chi connectivity index (χ4n) is 4.82. The van der Waals surface area contributed by atoms with Crippen LogP contribution < -0.4 is 26.1 Å². The molecule has 2 aromatic carbocycles. The smallest absolute Gasteiger partial charge is 0.231 e. The van der Waals surface area contributed by atoms with Crippen molar-refractivity contribution in [2.75, 3.05) is 6.79 Å². The molecule has 3 aliphatic rings. The number of nitrogens with one attached hydrogen (secondary N) is 2. The fourth-order valence-corrected chi connectivity index (χ4v) is 4.82. The molecule has 0 aromatic heterocycles. The quantitative estimate of drug-likeness (QED) is 0.701. The largest absolute Gasteiger partial charge is 0.458 e. The van der Waals surface area contributed by atoms with E-state index in [0.29, 0.717) is 23.0 Å². The average Bonchev–Trinajstić information content (AvgIpc) is 3.39. The highest BCUT2D eigenvalue weighted by molar-refractivity contribution is 5.50. The van der Waals surface area contributed by atoms with Crippen molar-refractivity contribution in [3.05, 3.63) is 70.6 Å². The summed E-state index contributed by atoms with van der Waals surface area (Å²) < 4.78 is 16.9. The van der Waals surface area contributed by atoms with E-state index >= 15 is 0 Å². The van der Waals surface area contributed by atoms with Crippen LogP contribution >= 0.6 is 0 Å². The third-order valence-corrected chi connectivity index (χ3v) is 6.19. The fraction of sp³-hybridized carbons (Fsp3) is 0.375. The maximum Gasteiger partial charge on any atom is 0.231 e. The highest BCUT2D eigenvalue weighted by Gasteiger charge is 2.49. The first kappa shape index (κ1) is 19.7. The standard InChI is InChI=1S/C24H26N4O3/c1-13(2)9-14-3-5-15(6-4-14)22-21-20(16-7-8-18-19(10-16)30-12-29-18)17(11-25)23(26)31-24(21)28-27-22/h3-8,10,13,20-22,24,27-28H,9,12,26H2,1-2H3. The SMILES string of the molecule is CC(C)Cc1ccc(C2NNC3OC(N)=C(C#N)C(c4ccc5c(c4)OCO5)C32)cc1. The molecule has 4 atom stereocenters. The number of allylic oxidation sites excluding steroid dienone is 1. The monoisotopic (exact) mass is 418 g/mol. The van der Waals surface area contributed by atoms with Gasteiger partial charge in [-0.05, 0) is 41.2 Å². The summed E-state index contributed by atoms with van der Waals surface area (Å²) in [5, 5.41) is 9.92. The Morgan fingerprint density at radius 3 is 2.55 bits per heavy atom. The Balaban J connectivity index is 1.53. The van der Waals surface area contributed by atoms with Gasteiger partial charge in [0.1, 0.15) is 6.07 Å². The molecule has 4 unspecified atom stereocenters. The number of rotatable bonds is 4. The Labute approximate surface area is 181 Å². The second kappa shape index (κ2) is 7.80. The van der Waals surface area contributed by atoms with Crippen LogP contribution in [0.5, 0.6) is 11.5 Å². The summed E-state index contributed by atoms with van der Waals surface area (Å²) in [4.78, 5) is 0. The van der Waals surface area contributed by atoms with Gasteiger partial charge in [-0.3, -0.25) is 0 Å². The van der Waals surface area contributed by atoms with Crippen LogP contribution in [0.1, 0.15) is 42.5 Å². The number of hydrogen-bond acceptors (Lipinski definition) is 7. The second-order valence-corrected chi connectivity index (χ2v) is 8.70. The molecule has 4 N–H and O–H groups in total. The molecule has 0 radical (unpaired) electrons. The minimum atomic E-state index is -0.354. The molecule has 5 rings (SSSR count).